The van der Waals surface area contributed by atoms with Crippen molar-refractivity contribution in [2.24, 2.45) is 11.8 Å². The largest absolute Gasteiger partial charge is 0.311 e. The molecule has 0 aromatic carbocycles. The fraction of sp³-hybridized carbons (Fsp3) is 1.00. The summed E-state index contributed by atoms with van der Waals surface area (Å²) >= 11 is 0. The number of rotatable bonds is 4. The number of nitrogens with one attached hydrogen (secondary N) is 1. The first-order chi connectivity index (χ1) is 6.99. The van der Waals surface area contributed by atoms with Gasteiger partial charge >= 0.3 is 0 Å². The van der Waals surface area contributed by atoms with Crippen LogP contribution in [0.3, 0.4) is 0 Å². The molecule has 1 rings (SSSR count). The Labute approximate surface area is 95.4 Å². The van der Waals surface area contributed by atoms with Crippen molar-refractivity contribution >= 4 is 0 Å². The molecule has 2 atom stereocenters. The summed E-state index contributed by atoms with van der Waals surface area (Å²) in [6.07, 6.45) is 2.62. The van der Waals surface area contributed by atoms with E-state index in [2.05, 4.69) is 45.0 Å². The van der Waals surface area contributed by atoms with E-state index in [9.17, 15) is 0 Å². The van der Waals surface area contributed by atoms with Gasteiger partial charge in [0.05, 0.1) is 0 Å². The van der Waals surface area contributed by atoms with Gasteiger partial charge in [-0.15, -0.1) is 0 Å². The summed E-state index contributed by atoms with van der Waals surface area (Å²) in [5.41, 5.74) is 0. The summed E-state index contributed by atoms with van der Waals surface area (Å²) in [5.74, 6) is 1.61. The Balaban J connectivity index is 2.34. The van der Waals surface area contributed by atoms with Gasteiger partial charge in [0.25, 0.3) is 0 Å². The molecule has 0 aliphatic carbocycles. The molecule has 0 aromatic rings. The lowest BCUT2D eigenvalue weighted by Crippen LogP contribution is -2.55. The molecule has 0 aromatic heterocycles. The average molecular weight is 212 g/mol. The van der Waals surface area contributed by atoms with Crippen molar-refractivity contribution in [3.8, 4) is 0 Å². The van der Waals surface area contributed by atoms with Crippen LogP contribution in [0.4, 0.5) is 0 Å². The number of nitrogens with zero attached hydrogens (tertiary/aromatic N) is 1. The fourth-order valence-corrected chi connectivity index (χ4v) is 2.55. The lowest BCUT2D eigenvalue weighted by Gasteiger charge is -2.39. The molecule has 1 saturated heterocycles. The van der Waals surface area contributed by atoms with Gasteiger partial charge in [-0.3, -0.25) is 0 Å². The second-order valence-corrected chi connectivity index (χ2v) is 5.96. The molecule has 1 unspecified atom stereocenters. The molecule has 0 spiro atoms. The minimum Gasteiger partial charge on any atom is -0.311 e. The van der Waals surface area contributed by atoms with Gasteiger partial charge in [0, 0.05) is 25.2 Å². The van der Waals surface area contributed by atoms with E-state index in [4.69, 9.17) is 0 Å². The normalized spacial score (nSPS) is 29.0. The zero-order valence-electron chi connectivity index (χ0n) is 11.1. The molecule has 1 aliphatic rings. The molecule has 0 saturated carbocycles. The Bertz CT molecular complexity index is 177. The minimum atomic E-state index is 0.707. The second-order valence-electron chi connectivity index (χ2n) is 5.96. The van der Waals surface area contributed by atoms with Gasteiger partial charge in [0.2, 0.25) is 0 Å². The van der Waals surface area contributed by atoms with E-state index in [1.807, 2.05) is 0 Å². The summed E-state index contributed by atoms with van der Waals surface area (Å²) < 4.78 is 0. The van der Waals surface area contributed by atoms with Crippen LogP contribution in [-0.2, 0) is 0 Å². The maximum atomic E-state index is 3.69. The highest BCUT2D eigenvalue weighted by Gasteiger charge is 2.25. The molecule has 0 amide bonds. The molecule has 1 fully saturated rings. The average Bonchev–Trinajstić information content (AvgIpc) is 2.08. The molecule has 2 heteroatoms. The molecule has 2 nitrogen and oxygen atoms in total. The molecular formula is C13H28N2. The Kier molecular flexibility index (Phi) is 5.07. The Hall–Kier alpha value is -0.0800. The van der Waals surface area contributed by atoms with Crippen LogP contribution in [0.15, 0.2) is 0 Å². The van der Waals surface area contributed by atoms with Crippen molar-refractivity contribution in [3.63, 3.8) is 0 Å². The monoisotopic (exact) mass is 212 g/mol. The first-order valence-corrected chi connectivity index (χ1v) is 6.42. The summed E-state index contributed by atoms with van der Waals surface area (Å²) in [4.78, 5) is 2.55. The number of piperazine rings is 1. The van der Waals surface area contributed by atoms with Gasteiger partial charge < -0.3 is 10.2 Å². The molecule has 1 aliphatic heterocycles. The maximum absolute atomic E-state index is 3.69. The van der Waals surface area contributed by atoms with Crippen LogP contribution in [0, 0.1) is 11.8 Å². The maximum Gasteiger partial charge on any atom is 0.0220 e. The SMILES string of the molecule is CC(C)CC1CN(C)[C@H](CC(C)C)CN1. The number of likely N-dealkylation sites (N-methyl/N-ethyl adjacent to an activating group) is 1. The third kappa shape index (κ3) is 4.52. The Morgan fingerprint density at radius 1 is 1.13 bits per heavy atom. The first kappa shape index (κ1) is 13.0. The molecular weight excluding hydrogens is 184 g/mol. The van der Waals surface area contributed by atoms with Crippen LogP contribution in [0.5, 0.6) is 0 Å². The zero-order chi connectivity index (χ0) is 11.4. The van der Waals surface area contributed by atoms with Crippen molar-refractivity contribution in [1.82, 2.24) is 10.2 Å². The second kappa shape index (κ2) is 5.86. The third-order valence-electron chi connectivity index (χ3n) is 3.27. The van der Waals surface area contributed by atoms with Gasteiger partial charge in [-0.1, -0.05) is 27.7 Å². The lowest BCUT2D eigenvalue weighted by molar-refractivity contribution is 0.135. The number of hydrogen-bond donors (Lipinski definition) is 1. The van der Waals surface area contributed by atoms with E-state index in [1.165, 1.54) is 25.9 Å². The van der Waals surface area contributed by atoms with Crippen LogP contribution < -0.4 is 5.32 Å². The first-order valence-electron chi connectivity index (χ1n) is 6.42. The molecule has 15 heavy (non-hydrogen) atoms. The van der Waals surface area contributed by atoms with Gasteiger partial charge in [0.15, 0.2) is 0 Å². The Morgan fingerprint density at radius 2 is 1.73 bits per heavy atom. The highest BCUT2D eigenvalue weighted by Crippen LogP contribution is 2.16. The summed E-state index contributed by atoms with van der Waals surface area (Å²) in [7, 11) is 2.28. The van der Waals surface area contributed by atoms with Gasteiger partial charge in [0.1, 0.15) is 0 Å². The molecule has 1 N–H and O–H groups in total. The molecule has 1 heterocycles. The van der Waals surface area contributed by atoms with E-state index in [1.54, 1.807) is 0 Å². The van der Waals surface area contributed by atoms with Crippen molar-refractivity contribution in [1.29, 1.82) is 0 Å². The van der Waals surface area contributed by atoms with Crippen LogP contribution in [0.1, 0.15) is 40.5 Å². The van der Waals surface area contributed by atoms with Crippen molar-refractivity contribution < 1.29 is 0 Å². The molecule has 0 bridgehead atoms. The van der Waals surface area contributed by atoms with Crippen LogP contribution in [0.25, 0.3) is 0 Å². The summed E-state index contributed by atoms with van der Waals surface area (Å²) in [6.45, 7) is 11.6. The lowest BCUT2D eigenvalue weighted by atomic mass is 9.96. The fourth-order valence-electron chi connectivity index (χ4n) is 2.55. The smallest absolute Gasteiger partial charge is 0.0220 e. The predicted octanol–water partition coefficient (Wildman–Crippen LogP) is 2.35. The van der Waals surface area contributed by atoms with Crippen LogP contribution >= 0.6 is 0 Å². The molecule has 0 radical (unpaired) electrons. The summed E-state index contributed by atoms with van der Waals surface area (Å²) in [5, 5.41) is 3.69. The predicted molar refractivity (Wildman–Crippen MR) is 67.1 cm³/mol. The number of hydrogen-bond acceptors (Lipinski definition) is 2. The van der Waals surface area contributed by atoms with E-state index in [0.29, 0.717) is 6.04 Å². The Morgan fingerprint density at radius 3 is 2.20 bits per heavy atom. The summed E-state index contributed by atoms with van der Waals surface area (Å²) in [6, 6.07) is 1.45. The van der Waals surface area contributed by atoms with Gasteiger partial charge in [-0.05, 0) is 31.7 Å². The quantitative estimate of drug-likeness (QED) is 0.769. The van der Waals surface area contributed by atoms with Gasteiger partial charge in [-0.2, -0.15) is 0 Å². The molecule has 90 valence electrons. The van der Waals surface area contributed by atoms with Crippen molar-refractivity contribution in [2.75, 3.05) is 20.1 Å². The van der Waals surface area contributed by atoms with E-state index >= 15 is 0 Å². The van der Waals surface area contributed by atoms with E-state index < -0.39 is 0 Å². The minimum absolute atomic E-state index is 0.707. The topological polar surface area (TPSA) is 15.3 Å². The highest BCUT2D eigenvalue weighted by molar-refractivity contribution is 4.85. The standard InChI is InChI=1S/C13H28N2/c1-10(2)6-12-9-15(5)13(8-14-12)7-11(3)4/h10-14H,6-9H2,1-5H3/t12?,13-/m1/s1. The highest BCUT2D eigenvalue weighted by atomic mass is 15.2. The van der Waals surface area contributed by atoms with Gasteiger partial charge in [-0.25, -0.2) is 0 Å². The van der Waals surface area contributed by atoms with Crippen LogP contribution in [-0.4, -0.2) is 37.1 Å². The van der Waals surface area contributed by atoms with Crippen molar-refractivity contribution in [2.45, 2.75) is 52.6 Å². The van der Waals surface area contributed by atoms with Crippen molar-refractivity contribution in [3.05, 3.63) is 0 Å². The zero-order valence-corrected chi connectivity index (χ0v) is 11.1. The van der Waals surface area contributed by atoms with Crippen LogP contribution in [0.2, 0.25) is 0 Å². The van der Waals surface area contributed by atoms with E-state index in [-0.39, 0.29) is 0 Å². The van der Waals surface area contributed by atoms with E-state index in [0.717, 1.165) is 17.9 Å². The third-order valence-corrected chi connectivity index (χ3v) is 3.27.